The first-order chi connectivity index (χ1) is 10.6. The number of aryl methyl sites for hydroxylation is 1. The van der Waals surface area contributed by atoms with E-state index >= 15 is 0 Å². The number of amides is 1. The number of aromatic nitrogens is 1. The zero-order chi connectivity index (χ0) is 15.5. The van der Waals surface area contributed by atoms with Crippen LogP contribution >= 0.6 is 23.7 Å². The zero-order valence-electron chi connectivity index (χ0n) is 14.0. The molecule has 0 spiro atoms. The summed E-state index contributed by atoms with van der Waals surface area (Å²) in [4.78, 5) is 21.6. The lowest BCUT2D eigenvalue weighted by Crippen LogP contribution is -2.51. The molecule has 0 aromatic carbocycles. The topological polar surface area (TPSA) is 48.5 Å². The second-order valence-electron chi connectivity index (χ2n) is 6.54. The summed E-state index contributed by atoms with van der Waals surface area (Å²) in [5, 5.41) is 6.69. The van der Waals surface area contributed by atoms with E-state index in [1.54, 1.807) is 11.3 Å². The van der Waals surface area contributed by atoms with Crippen LogP contribution in [0.1, 0.15) is 30.5 Å². The lowest BCUT2D eigenvalue weighted by atomic mass is 9.92. The van der Waals surface area contributed by atoms with Gasteiger partial charge in [-0.2, -0.15) is 0 Å². The number of carbonyl (C=O) groups excluding carboxylic acids is 1. The maximum absolute atomic E-state index is 12.6. The van der Waals surface area contributed by atoms with Crippen LogP contribution in [0.5, 0.6) is 0 Å². The molecule has 2 aliphatic heterocycles. The van der Waals surface area contributed by atoms with Crippen molar-refractivity contribution < 1.29 is 4.79 Å². The van der Waals surface area contributed by atoms with Gasteiger partial charge in [0, 0.05) is 50.1 Å². The fourth-order valence-electron chi connectivity index (χ4n) is 3.45. The molecule has 130 valence electrons. The number of hydrogen-bond acceptors (Lipinski definition) is 5. The second kappa shape index (κ2) is 8.42. The summed E-state index contributed by atoms with van der Waals surface area (Å²) in [6.45, 7) is 9.75. The van der Waals surface area contributed by atoms with E-state index in [4.69, 9.17) is 0 Å². The average Bonchev–Trinajstić information content (AvgIpc) is 2.92. The van der Waals surface area contributed by atoms with Gasteiger partial charge in [-0.05, 0) is 33.2 Å². The minimum absolute atomic E-state index is 0. The third-order valence-electron chi connectivity index (χ3n) is 4.71. The zero-order valence-corrected chi connectivity index (χ0v) is 15.6. The number of hydrogen-bond donors (Lipinski definition) is 1. The molecule has 0 bridgehead atoms. The highest BCUT2D eigenvalue weighted by molar-refractivity contribution is 7.09. The third-order valence-corrected chi connectivity index (χ3v) is 5.53. The van der Waals surface area contributed by atoms with Crippen LogP contribution in [0.25, 0.3) is 0 Å². The second-order valence-corrected chi connectivity index (χ2v) is 7.60. The van der Waals surface area contributed by atoms with Crippen molar-refractivity contribution in [1.82, 2.24) is 20.1 Å². The van der Waals surface area contributed by atoms with Crippen molar-refractivity contribution in [2.24, 2.45) is 5.92 Å². The number of piperazine rings is 1. The molecule has 1 aromatic heterocycles. The van der Waals surface area contributed by atoms with Gasteiger partial charge in [-0.25, -0.2) is 4.98 Å². The van der Waals surface area contributed by atoms with Crippen LogP contribution in [0, 0.1) is 12.8 Å². The standard InChI is InChI=1S/C16H26N4OS.ClH/c1-12-9-14(3-4-17-12)16(21)20-7-5-19(6-8-20)10-15-11-22-13(2)18-15;/h11-12,14,17H,3-10H2,1-2H3;1H/t12-,14-;/m0./s1. The van der Waals surface area contributed by atoms with Gasteiger partial charge in [-0.1, -0.05) is 0 Å². The van der Waals surface area contributed by atoms with Crippen LogP contribution < -0.4 is 5.32 Å². The van der Waals surface area contributed by atoms with Crippen LogP contribution in [0.4, 0.5) is 0 Å². The molecular weight excluding hydrogens is 332 g/mol. The quantitative estimate of drug-likeness (QED) is 0.896. The van der Waals surface area contributed by atoms with E-state index in [9.17, 15) is 4.79 Å². The van der Waals surface area contributed by atoms with Crippen molar-refractivity contribution in [3.8, 4) is 0 Å². The number of piperidine rings is 1. The van der Waals surface area contributed by atoms with Gasteiger partial charge in [0.2, 0.25) is 5.91 Å². The van der Waals surface area contributed by atoms with Gasteiger partial charge in [-0.3, -0.25) is 9.69 Å². The highest BCUT2D eigenvalue weighted by atomic mass is 35.5. The van der Waals surface area contributed by atoms with Gasteiger partial charge in [-0.15, -0.1) is 23.7 Å². The summed E-state index contributed by atoms with van der Waals surface area (Å²) in [6.07, 6.45) is 1.97. The van der Waals surface area contributed by atoms with E-state index in [-0.39, 0.29) is 18.3 Å². The van der Waals surface area contributed by atoms with Crippen molar-refractivity contribution in [1.29, 1.82) is 0 Å². The Balaban J connectivity index is 0.00000192. The number of carbonyl (C=O) groups is 1. The summed E-state index contributed by atoms with van der Waals surface area (Å²) in [5.41, 5.74) is 1.16. The van der Waals surface area contributed by atoms with Crippen molar-refractivity contribution in [2.45, 2.75) is 39.3 Å². The minimum Gasteiger partial charge on any atom is -0.340 e. The molecule has 1 aromatic rings. The third kappa shape index (κ3) is 4.89. The van der Waals surface area contributed by atoms with E-state index in [1.165, 1.54) is 0 Å². The van der Waals surface area contributed by atoms with Crippen LogP contribution in [0.3, 0.4) is 0 Å². The molecule has 7 heteroatoms. The minimum atomic E-state index is 0. The molecular formula is C16H27ClN4OS. The summed E-state index contributed by atoms with van der Waals surface area (Å²) < 4.78 is 0. The molecule has 0 aliphatic carbocycles. The van der Waals surface area contributed by atoms with E-state index < -0.39 is 0 Å². The Morgan fingerprint density at radius 3 is 2.74 bits per heavy atom. The molecule has 1 N–H and O–H groups in total. The molecule has 3 rings (SSSR count). The summed E-state index contributed by atoms with van der Waals surface area (Å²) in [5.74, 6) is 0.599. The number of rotatable bonds is 3. The molecule has 1 amide bonds. The fraction of sp³-hybridized carbons (Fsp3) is 0.750. The summed E-state index contributed by atoms with van der Waals surface area (Å²) in [7, 11) is 0. The molecule has 0 saturated carbocycles. The van der Waals surface area contributed by atoms with Gasteiger partial charge in [0.25, 0.3) is 0 Å². The number of nitrogens with one attached hydrogen (secondary N) is 1. The van der Waals surface area contributed by atoms with Gasteiger partial charge in [0.1, 0.15) is 0 Å². The van der Waals surface area contributed by atoms with Crippen molar-refractivity contribution >= 4 is 29.7 Å². The number of thiazole rings is 1. The molecule has 23 heavy (non-hydrogen) atoms. The Morgan fingerprint density at radius 1 is 1.39 bits per heavy atom. The molecule has 2 saturated heterocycles. The highest BCUT2D eigenvalue weighted by Gasteiger charge is 2.30. The van der Waals surface area contributed by atoms with Crippen LogP contribution in [0.2, 0.25) is 0 Å². The van der Waals surface area contributed by atoms with Gasteiger partial charge in [0.05, 0.1) is 10.7 Å². The molecule has 2 aliphatic rings. The Bertz CT molecular complexity index is 516. The molecule has 0 radical (unpaired) electrons. The molecule has 0 unspecified atom stereocenters. The number of halogens is 1. The Kier molecular flexibility index (Phi) is 6.83. The molecule has 5 nitrogen and oxygen atoms in total. The molecule has 2 fully saturated rings. The maximum atomic E-state index is 12.6. The van der Waals surface area contributed by atoms with Gasteiger partial charge < -0.3 is 10.2 Å². The van der Waals surface area contributed by atoms with Gasteiger partial charge in [0.15, 0.2) is 0 Å². The Morgan fingerprint density at radius 2 is 2.13 bits per heavy atom. The summed E-state index contributed by atoms with van der Waals surface area (Å²) in [6, 6.07) is 0.469. The van der Waals surface area contributed by atoms with Crippen LogP contribution in [0.15, 0.2) is 5.38 Å². The largest absolute Gasteiger partial charge is 0.340 e. The number of nitrogens with zero attached hydrogens (tertiary/aromatic N) is 3. The van der Waals surface area contributed by atoms with E-state index in [2.05, 4.69) is 32.4 Å². The maximum Gasteiger partial charge on any atom is 0.225 e. The van der Waals surface area contributed by atoms with Crippen molar-refractivity contribution in [2.75, 3.05) is 32.7 Å². The monoisotopic (exact) mass is 358 g/mol. The smallest absolute Gasteiger partial charge is 0.225 e. The van der Waals surface area contributed by atoms with Crippen molar-refractivity contribution in [3.05, 3.63) is 16.1 Å². The normalized spacial score (nSPS) is 25.9. The first kappa shape index (κ1) is 18.6. The highest BCUT2D eigenvalue weighted by Crippen LogP contribution is 2.20. The van der Waals surface area contributed by atoms with E-state index in [0.717, 1.165) is 62.8 Å². The van der Waals surface area contributed by atoms with E-state index in [1.807, 2.05) is 6.92 Å². The Hall–Kier alpha value is -0.690. The fourth-order valence-corrected chi connectivity index (χ4v) is 4.05. The predicted molar refractivity (Wildman–Crippen MR) is 96.1 cm³/mol. The van der Waals surface area contributed by atoms with Crippen molar-refractivity contribution in [3.63, 3.8) is 0 Å². The van der Waals surface area contributed by atoms with E-state index in [0.29, 0.717) is 11.9 Å². The Labute approximate surface area is 148 Å². The predicted octanol–water partition coefficient (Wildman–Crippen LogP) is 1.91. The van der Waals surface area contributed by atoms with Gasteiger partial charge >= 0.3 is 0 Å². The molecule has 2 atom stereocenters. The summed E-state index contributed by atoms with van der Waals surface area (Å²) >= 11 is 1.71. The lowest BCUT2D eigenvalue weighted by molar-refractivity contribution is -0.138. The molecule has 3 heterocycles. The lowest BCUT2D eigenvalue weighted by Gasteiger charge is -2.37. The van der Waals surface area contributed by atoms with Crippen LogP contribution in [-0.4, -0.2) is 59.5 Å². The van der Waals surface area contributed by atoms with Crippen LogP contribution in [-0.2, 0) is 11.3 Å². The average molecular weight is 359 g/mol. The first-order valence-corrected chi connectivity index (χ1v) is 9.15. The SMILES string of the molecule is Cc1nc(CN2CCN(C(=O)[C@H]3CCN[C@@H](C)C3)CC2)cs1.Cl. The first-order valence-electron chi connectivity index (χ1n) is 8.27.